The molecule has 5 heteroatoms. The molecule has 0 aliphatic rings. The second kappa shape index (κ2) is 10.3. The summed E-state index contributed by atoms with van der Waals surface area (Å²) in [5, 5.41) is 9.87. The molecule has 0 saturated heterocycles. The molecule has 1 heterocycles. The SMILES string of the molecule is CC(=O)N(/C=C/c1cc[n+](CCCCCC(=O)O)c2ccccc12)c1ccccc1. The molecule has 0 unspecified atom stereocenters. The fourth-order valence-electron chi connectivity index (χ4n) is 3.50. The highest BCUT2D eigenvalue weighted by Gasteiger charge is 2.12. The van der Waals surface area contributed by atoms with Gasteiger partial charge in [-0.15, -0.1) is 0 Å². The van der Waals surface area contributed by atoms with Gasteiger partial charge >= 0.3 is 5.97 Å². The summed E-state index contributed by atoms with van der Waals surface area (Å²) in [6, 6.07) is 19.8. The Balaban J connectivity index is 1.81. The molecule has 30 heavy (non-hydrogen) atoms. The summed E-state index contributed by atoms with van der Waals surface area (Å²) in [6.07, 6.45) is 8.59. The summed E-state index contributed by atoms with van der Waals surface area (Å²) < 4.78 is 2.20. The Morgan fingerprint density at radius 1 is 0.967 bits per heavy atom. The summed E-state index contributed by atoms with van der Waals surface area (Å²) in [6.45, 7) is 2.40. The normalized spacial score (nSPS) is 11.1. The van der Waals surface area contributed by atoms with Crippen molar-refractivity contribution in [1.29, 1.82) is 0 Å². The Bertz CT molecular complexity index is 1040. The molecule has 1 amide bonds. The number of aryl methyl sites for hydroxylation is 1. The van der Waals surface area contributed by atoms with Crippen LogP contribution in [-0.4, -0.2) is 17.0 Å². The lowest BCUT2D eigenvalue weighted by Crippen LogP contribution is -2.34. The van der Waals surface area contributed by atoms with Gasteiger partial charge in [0.25, 0.3) is 0 Å². The maximum Gasteiger partial charge on any atom is 0.303 e. The predicted octanol–water partition coefficient (Wildman–Crippen LogP) is 4.80. The largest absolute Gasteiger partial charge is 0.481 e. The third-order valence-electron chi connectivity index (χ3n) is 5.02. The standard InChI is InChI=1S/C25H26N2O3/c1-20(28)27(22-10-4-2-5-11-22)19-16-21-15-18-26(17-9-3-6-14-25(29)30)24-13-8-7-12-23(21)24/h2,4-5,7-8,10-13,15-16,18-19H,3,6,9,14,17H2,1H3/p+1. The number of pyridine rings is 1. The number of hydrogen-bond donors (Lipinski definition) is 1. The van der Waals surface area contributed by atoms with Crippen LogP contribution < -0.4 is 9.47 Å². The zero-order chi connectivity index (χ0) is 21.3. The maximum atomic E-state index is 12.1. The van der Waals surface area contributed by atoms with E-state index in [9.17, 15) is 9.59 Å². The quantitative estimate of drug-likeness (QED) is 0.412. The minimum absolute atomic E-state index is 0.0471. The molecule has 3 aromatic rings. The molecule has 0 saturated carbocycles. The van der Waals surface area contributed by atoms with Crippen LogP contribution in [0.3, 0.4) is 0 Å². The van der Waals surface area contributed by atoms with Gasteiger partial charge in [-0.1, -0.05) is 30.3 Å². The molecule has 0 bridgehead atoms. The van der Waals surface area contributed by atoms with Gasteiger partial charge in [-0.3, -0.25) is 14.5 Å². The molecular formula is C25H27N2O3+. The van der Waals surface area contributed by atoms with Crippen LogP contribution in [0.5, 0.6) is 0 Å². The van der Waals surface area contributed by atoms with Crippen molar-refractivity contribution >= 4 is 34.5 Å². The van der Waals surface area contributed by atoms with Crippen LogP contribution in [0.2, 0.25) is 0 Å². The summed E-state index contributed by atoms with van der Waals surface area (Å²) in [5.74, 6) is -0.784. The van der Waals surface area contributed by atoms with Crippen molar-refractivity contribution in [2.24, 2.45) is 0 Å². The van der Waals surface area contributed by atoms with Crippen LogP contribution >= 0.6 is 0 Å². The number of carboxylic acids is 1. The summed E-state index contributed by atoms with van der Waals surface area (Å²) >= 11 is 0. The first-order valence-electron chi connectivity index (χ1n) is 10.2. The number of unbranched alkanes of at least 4 members (excludes halogenated alkanes) is 2. The fourth-order valence-corrected chi connectivity index (χ4v) is 3.50. The van der Waals surface area contributed by atoms with Gasteiger partial charge in [-0.05, 0) is 42.7 Å². The Kier molecular flexibility index (Phi) is 7.33. The molecule has 0 atom stereocenters. The zero-order valence-electron chi connectivity index (χ0n) is 17.2. The lowest BCUT2D eigenvalue weighted by atomic mass is 10.1. The Morgan fingerprint density at radius 3 is 2.43 bits per heavy atom. The molecule has 0 radical (unpaired) electrons. The Hall–Kier alpha value is -3.47. The second-order valence-electron chi connectivity index (χ2n) is 7.23. The number of nitrogens with zero attached hydrogens (tertiary/aromatic N) is 2. The van der Waals surface area contributed by atoms with Crippen molar-refractivity contribution in [3.8, 4) is 0 Å². The van der Waals surface area contributed by atoms with Crippen LogP contribution in [-0.2, 0) is 16.1 Å². The maximum absolute atomic E-state index is 12.1. The molecule has 0 aliphatic heterocycles. The van der Waals surface area contributed by atoms with Crippen LogP contribution in [0.4, 0.5) is 5.69 Å². The third kappa shape index (κ3) is 5.54. The van der Waals surface area contributed by atoms with Gasteiger partial charge in [0.05, 0.1) is 5.39 Å². The predicted molar refractivity (Wildman–Crippen MR) is 119 cm³/mol. The van der Waals surface area contributed by atoms with Crippen molar-refractivity contribution in [3.63, 3.8) is 0 Å². The number of carbonyl (C=O) groups excluding carboxylic acids is 1. The van der Waals surface area contributed by atoms with E-state index >= 15 is 0 Å². The molecule has 1 N–H and O–H groups in total. The molecule has 0 fully saturated rings. The van der Waals surface area contributed by atoms with Gasteiger partial charge in [0.2, 0.25) is 11.4 Å². The highest BCUT2D eigenvalue weighted by atomic mass is 16.4. The molecule has 154 valence electrons. The average Bonchev–Trinajstić information content (AvgIpc) is 2.75. The smallest absolute Gasteiger partial charge is 0.303 e. The first-order chi connectivity index (χ1) is 14.6. The Morgan fingerprint density at radius 2 is 1.70 bits per heavy atom. The average molecular weight is 404 g/mol. The number of carboxylic acid groups (broad SMARTS) is 1. The zero-order valence-corrected chi connectivity index (χ0v) is 17.2. The fraction of sp³-hybridized carbons (Fsp3) is 0.240. The van der Waals surface area contributed by atoms with Crippen molar-refractivity contribution in [3.05, 3.63) is 78.6 Å². The van der Waals surface area contributed by atoms with Crippen molar-refractivity contribution in [2.75, 3.05) is 4.90 Å². The topological polar surface area (TPSA) is 61.5 Å². The minimum Gasteiger partial charge on any atom is -0.481 e. The summed E-state index contributed by atoms with van der Waals surface area (Å²) in [4.78, 5) is 24.4. The molecule has 0 spiro atoms. The number of anilines is 1. The lowest BCUT2D eigenvalue weighted by molar-refractivity contribution is -0.671. The van der Waals surface area contributed by atoms with E-state index in [1.54, 1.807) is 11.8 Å². The Labute approximate surface area is 176 Å². The van der Waals surface area contributed by atoms with Crippen molar-refractivity contribution in [2.45, 2.75) is 39.2 Å². The number of carbonyl (C=O) groups is 2. The summed E-state index contributed by atoms with van der Waals surface area (Å²) in [7, 11) is 0. The monoisotopic (exact) mass is 403 g/mol. The van der Waals surface area contributed by atoms with E-state index < -0.39 is 5.97 Å². The molecule has 2 aromatic carbocycles. The van der Waals surface area contributed by atoms with E-state index in [-0.39, 0.29) is 12.3 Å². The first kappa shape index (κ1) is 21.2. The second-order valence-corrected chi connectivity index (χ2v) is 7.23. The van der Waals surface area contributed by atoms with Gasteiger partial charge < -0.3 is 5.11 Å². The lowest BCUT2D eigenvalue weighted by Gasteiger charge is -2.16. The van der Waals surface area contributed by atoms with Crippen molar-refractivity contribution < 1.29 is 19.3 Å². The van der Waals surface area contributed by atoms with Crippen LogP contribution in [0.25, 0.3) is 17.0 Å². The number of aliphatic carboxylic acids is 1. The molecular weight excluding hydrogens is 376 g/mol. The molecule has 1 aromatic heterocycles. The number of para-hydroxylation sites is 2. The van der Waals surface area contributed by atoms with Crippen molar-refractivity contribution in [1.82, 2.24) is 0 Å². The van der Waals surface area contributed by atoms with Gasteiger partial charge in [0.1, 0.15) is 6.54 Å². The highest BCUT2D eigenvalue weighted by molar-refractivity contribution is 5.95. The number of aromatic nitrogens is 1. The first-order valence-corrected chi connectivity index (χ1v) is 10.2. The van der Waals surface area contributed by atoms with E-state index in [1.165, 1.54) is 0 Å². The van der Waals surface area contributed by atoms with E-state index in [1.807, 2.05) is 54.7 Å². The van der Waals surface area contributed by atoms with Gasteiger partial charge in [0, 0.05) is 43.8 Å². The van der Waals surface area contributed by atoms with E-state index in [4.69, 9.17) is 5.11 Å². The minimum atomic E-state index is -0.737. The number of amides is 1. The van der Waals surface area contributed by atoms with Crippen LogP contribution in [0.15, 0.2) is 73.1 Å². The highest BCUT2D eigenvalue weighted by Crippen LogP contribution is 2.19. The van der Waals surface area contributed by atoms with E-state index in [0.29, 0.717) is 6.42 Å². The number of rotatable bonds is 9. The number of hydrogen-bond acceptors (Lipinski definition) is 2. The van der Waals surface area contributed by atoms with Gasteiger partial charge in [-0.2, -0.15) is 4.57 Å². The molecule has 3 rings (SSSR count). The molecule has 5 nitrogen and oxygen atoms in total. The van der Waals surface area contributed by atoms with Gasteiger partial charge in [-0.25, -0.2) is 0 Å². The van der Waals surface area contributed by atoms with Crippen LogP contribution in [0, 0.1) is 0 Å². The third-order valence-corrected chi connectivity index (χ3v) is 5.02. The number of benzene rings is 2. The molecule has 0 aliphatic carbocycles. The number of fused-ring (bicyclic) bond motifs is 1. The van der Waals surface area contributed by atoms with Gasteiger partial charge in [0.15, 0.2) is 6.20 Å². The summed E-state index contributed by atoms with van der Waals surface area (Å²) in [5.41, 5.74) is 2.99. The van der Waals surface area contributed by atoms with E-state index in [2.05, 4.69) is 29.0 Å². The van der Waals surface area contributed by atoms with Crippen LogP contribution in [0.1, 0.15) is 38.2 Å². The van der Waals surface area contributed by atoms with E-state index in [0.717, 1.165) is 41.5 Å².